The van der Waals surface area contributed by atoms with Crippen molar-refractivity contribution in [3.05, 3.63) is 84.1 Å². The Morgan fingerprint density at radius 3 is 2.07 bits per heavy atom. The van der Waals surface area contributed by atoms with Crippen LogP contribution in [0.25, 0.3) is 0 Å². The van der Waals surface area contributed by atoms with Crippen molar-refractivity contribution in [2.45, 2.75) is 18.3 Å². The fraction of sp³-hybridized carbons (Fsp3) is 0.238. The minimum atomic E-state index is -3.93. The standard InChI is InChI=1S/C21H20O8S/c1-30(24,25)29-19-17(28-21(23)16-10-6-3-7-11-16)12-13-26-18(19)14-27-20(22)15-8-4-2-5-9-15/h2-13,17-19H,14H2,1H3/t17?,18?,19-/m0/s1. The third kappa shape index (κ3) is 5.91. The van der Waals surface area contributed by atoms with Crippen molar-refractivity contribution in [2.75, 3.05) is 12.9 Å². The van der Waals surface area contributed by atoms with Crippen molar-refractivity contribution >= 4 is 22.1 Å². The second-order valence-electron chi connectivity index (χ2n) is 6.47. The molecule has 2 aromatic rings. The Bertz CT molecular complexity index is 1000. The van der Waals surface area contributed by atoms with Gasteiger partial charge in [0, 0.05) is 0 Å². The van der Waals surface area contributed by atoms with Crippen LogP contribution < -0.4 is 0 Å². The maximum Gasteiger partial charge on any atom is 0.338 e. The number of ether oxygens (including phenoxy) is 3. The highest BCUT2D eigenvalue weighted by Crippen LogP contribution is 2.22. The molecule has 0 fully saturated rings. The van der Waals surface area contributed by atoms with E-state index in [4.69, 9.17) is 18.4 Å². The molecule has 0 bridgehead atoms. The monoisotopic (exact) mass is 432 g/mol. The van der Waals surface area contributed by atoms with Crippen LogP contribution in [-0.4, -0.2) is 51.5 Å². The molecule has 0 amide bonds. The van der Waals surface area contributed by atoms with Gasteiger partial charge in [0.05, 0.1) is 23.6 Å². The lowest BCUT2D eigenvalue weighted by Crippen LogP contribution is -2.47. The van der Waals surface area contributed by atoms with E-state index >= 15 is 0 Å². The molecule has 30 heavy (non-hydrogen) atoms. The van der Waals surface area contributed by atoms with E-state index in [9.17, 15) is 18.0 Å². The van der Waals surface area contributed by atoms with E-state index in [1.54, 1.807) is 60.7 Å². The molecule has 0 aromatic heterocycles. The smallest absolute Gasteiger partial charge is 0.338 e. The number of rotatable bonds is 7. The minimum absolute atomic E-state index is 0.294. The average molecular weight is 432 g/mol. The van der Waals surface area contributed by atoms with Gasteiger partial charge in [0.15, 0.2) is 18.3 Å². The summed E-state index contributed by atoms with van der Waals surface area (Å²) in [6, 6.07) is 16.5. The van der Waals surface area contributed by atoms with Gasteiger partial charge in [-0.1, -0.05) is 36.4 Å². The first kappa shape index (κ1) is 21.5. The Morgan fingerprint density at radius 1 is 0.933 bits per heavy atom. The summed E-state index contributed by atoms with van der Waals surface area (Å²) < 4.78 is 44.7. The zero-order chi connectivity index (χ0) is 21.6. The van der Waals surface area contributed by atoms with E-state index in [-0.39, 0.29) is 6.61 Å². The van der Waals surface area contributed by atoms with Crippen LogP contribution in [0.4, 0.5) is 0 Å². The summed E-state index contributed by atoms with van der Waals surface area (Å²) in [7, 11) is -3.93. The fourth-order valence-electron chi connectivity index (χ4n) is 2.76. The van der Waals surface area contributed by atoms with Crippen LogP contribution in [0.5, 0.6) is 0 Å². The molecule has 8 nitrogen and oxygen atoms in total. The van der Waals surface area contributed by atoms with E-state index in [0.717, 1.165) is 6.26 Å². The molecule has 158 valence electrons. The summed E-state index contributed by atoms with van der Waals surface area (Å²) in [4.78, 5) is 24.6. The minimum Gasteiger partial charge on any atom is -0.492 e. The molecule has 9 heteroatoms. The molecule has 3 rings (SSSR count). The summed E-state index contributed by atoms with van der Waals surface area (Å²) in [6.07, 6.45) is 0.182. The van der Waals surface area contributed by atoms with Crippen LogP contribution >= 0.6 is 0 Å². The Labute approximate surface area is 174 Å². The van der Waals surface area contributed by atoms with Gasteiger partial charge in [-0.05, 0) is 30.3 Å². The maximum absolute atomic E-state index is 12.4. The van der Waals surface area contributed by atoms with Crippen LogP contribution in [0.15, 0.2) is 73.0 Å². The lowest BCUT2D eigenvalue weighted by molar-refractivity contribution is -0.0769. The summed E-state index contributed by atoms with van der Waals surface area (Å²) in [5, 5.41) is 0. The van der Waals surface area contributed by atoms with E-state index in [1.807, 2.05) is 0 Å². The molecule has 1 aliphatic heterocycles. The van der Waals surface area contributed by atoms with Gasteiger partial charge in [-0.3, -0.25) is 4.18 Å². The Hall–Kier alpha value is -3.17. The number of carbonyl (C=O) groups excluding carboxylic acids is 2. The van der Waals surface area contributed by atoms with Gasteiger partial charge in [0.25, 0.3) is 10.1 Å². The van der Waals surface area contributed by atoms with Gasteiger partial charge in [0.1, 0.15) is 6.61 Å². The Balaban J connectivity index is 1.73. The molecule has 2 aromatic carbocycles. The van der Waals surface area contributed by atoms with Gasteiger partial charge >= 0.3 is 11.9 Å². The van der Waals surface area contributed by atoms with Crippen LogP contribution in [0.3, 0.4) is 0 Å². The van der Waals surface area contributed by atoms with E-state index in [1.165, 1.54) is 12.3 Å². The van der Waals surface area contributed by atoms with Crippen molar-refractivity contribution in [1.82, 2.24) is 0 Å². The number of esters is 2. The lowest BCUT2D eigenvalue weighted by Gasteiger charge is -2.32. The lowest BCUT2D eigenvalue weighted by atomic mass is 10.1. The zero-order valence-electron chi connectivity index (χ0n) is 16.0. The molecule has 2 unspecified atom stereocenters. The topological polar surface area (TPSA) is 105 Å². The predicted molar refractivity (Wildman–Crippen MR) is 106 cm³/mol. The number of hydrogen-bond acceptors (Lipinski definition) is 8. The highest BCUT2D eigenvalue weighted by atomic mass is 32.2. The van der Waals surface area contributed by atoms with Gasteiger partial charge in [-0.15, -0.1) is 0 Å². The number of carbonyl (C=O) groups is 2. The van der Waals surface area contributed by atoms with E-state index < -0.39 is 40.4 Å². The Kier molecular flexibility index (Phi) is 6.86. The van der Waals surface area contributed by atoms with Gasteiger partial charge in [0.2, 0.25) is 0 Å². The SMILES string of the molecule is CS(=O)(=O)O[C@H]1C(OC(=O)c2ccccc2)C=COC1COC(=O)c1ccccc1. The highest BCUT2D eigenvalue weighted by molar-refractivity contribution is 7.86. The largest absolute Gasteiger partial charge is 0.492 e. The van der Waals surface area contributed by atoms with Crippen molar-refractivity contribution in [2.24, 2.45) is 0 Å². The molecular weight excluding hydrogens is 412 g/mol. The Morgan fingerprint density at radius 2 is 1.50 bits per heavy atom. The van der Waals surface area contributed by atoms with E-state index in [2.05, 4.69) is 0 Å². The predicted octanol–water partition coefficient (Wildman–Crippen LogP) is 2.33. The first-order chi connectivity index (χ1) is 14.3. The number of hydrogen-bond donors (Lipinski definition) is 0. The molecule has 0 saturated heterocycles. The first-order valence-corrected chi connectivity index (χ1v) is 10.8. The molecule has 0 spiro atoms. The second kappa shape index (κ2) is 9.55. The van der Waals surface area contributed by atoms with Crippen molar-refractivity contribution in [1.29, 1.82) is 0 Å². The summed E-state index contributed by atoms with van der Waals surface area (Å²) >= 11 is 0. The molecule has 1 heterocycles. The summed E-state index contributed by atoms with van der Waals surface area (Å²) in [5.74, 6) is -1.26. The highest BCUT2D eigenvalue weighted by Gasteiger charge is 2.39. The molecule has 0 saturated carbocycles. The third-order valence-electron chi connectivity index (χ3n) is 4.14. The molecule has 0 radical (unpaired) electrons. The third-order valence-corrected chi connectivity index (χ3v) is 4.71. The molecule has 3 atom stereocenters. The van der Waals surface area contributed by atoms with Crippen molar-refractivity contribution < 1.29 is 36.4 Å². The van der Waals surface area contributed by atoms with Crippen molar-refractivity contribution in [3.63, 3.8) is 0 Å². The van der Waals surface area contributed by atoms with Crippen LogP contribution in [0, 0.1) is 0 Å². The maximum atomic E-state index is 12.4. The second-order valence-corrected chi connectivity index (χ2v) is 8.07. The van der Waals surface area contributed by atoms with Crippen LogP contribution in [0.1, 0.15) is 20.7 Å². The average Bonchev–Trinajstić information content (AvgIpc) is 2.74. The summed E-state index contributed by atoms with van der Waals surface area (Å²) in [6.45, 7) is -0.308. The van der Waals surface area contributed by atoms with Gasteiger partial charge in [-0.2, -0.15) is 8.42 Å². The van der Waals surface area contributed by atoms with Gasteiger partial charge in [-0.25, -0.2) is 9.59 Å². The van der Waals surface area contributed by atoms with E-state index in [0.29, 0.717) is 11.1 Å². The molecular formula is C21H20O8S. The van der Waals surface area contributed by atoms with Crippen molar-refractivity contribution in [3.8, 4) is 0 Å². The normalized spacial score (nSPS) is 20.8. The molecule has 0 aliphatic carbocycles. The quantitative estimate of drug-likeness (QED) is 0.485. The zero-order valence-corrected chi connectivity index (χ0v) is 16.9. The molecule has 0 N–H and O–H groups in total. The number of benzene rings is 2. The molecule has 1 aliphatic rings. The first-order valence-electron chi connectivity index (χ1n) is 9.02. The fourth-order valence-corrected chi connectivity index (χ4v) is 3.40. The van der Waals surface area contributed by atoms with Crippen LogP contribution in [0.2, 0.25) is 0 Å². The van der Waals surface area contributed by atoms with Gasteiger partial charge < -0.3 is 14.2 Å². The summed E-state index contributed by atoms with van der Waals surface area (Å²) in [5.41, 5.74) is 0.624. The van der Waals surface area contributed by atoms with Crippen LogP contribution in [-0.2, 0) is 28.5 Å².